The van der Waals surface area contributed by atoms with Gasteiger partial charge in [0.05, 0.1) is 19.0 Å². The molecule has 0 N–H and O–H groups in total. The zero-order chi connectivity index (χ0) is 13.2. The van der Waals surface area contributed by atoms with Crippen LogP contribution in [0.2, 0.25) is 0 Å². The number of methoxy groups -OCH3 is 2. The van der Waals surface area contributed by atoms with Crippen LogP contribution in [0.4, 0.5) is 0 Å². The molecule has 1 unspecified atom stereocenters. The molecule has 3 nitrogen and oxygen atoms in total. The lowest BCUT2D eigenvalue weighted by molar-refractivity contribution is 0.0948. The van der Waals surface area contributed by atoms with Crippen molar-refractivity contribution in [1.82, 2.24) is 0 Å². The molecule has 0 bridgehead atoms. The maximum Gasteiger partial charge on any atom is 0.178 e. The summed E-state index contributed by atoms with van der Waals surface area (Å²) in [5, 5.41) is 0. The van der Waals surface area contributed by atoms with E-state index in [-0.39, 0.29) is 10.5 Å². The summed E-state index contributed by atoms with van der Waals surface area (Å²) in [6, 6.07) is 5.37. The Morgan fingerprint density at radius 3 is 2.56 bits per heavy atom. The molecule has 1 heterocycles. The normalized spacial score (nSPS) is 22.8. The number of rotatable bonds is 4. The Kier molecular flexibility index (Phi) is 3.85. The highest BCUT2D eigenvalue weighted by Gasteiger charge is 2.37. The fourth-order valence-electron chi connectivity index (χ4n) is 2.24. The van der Waals surface area contributed by atoms with Crippen molar-refractivity contribution in [2.75, 3.05) is 20.0 Å². The van der Waals surface area contributed by atoms with E-state index in [9.17, 15) is 4.79 Å². The minimum atomic E-state index is -0.278. The zero-order valence-electron chi connectivity index (χ0n) is 11.0. The van der Waals surface area contributed by atoms with Crippen molar-refractivity contribution in [3.8, 4) is 11.5 Å². The molecule has 2 rings (SSSR count). The van der Waals surface area contributed by atoms with Crippen molar-refractivity contribution in [3.05, 3.63) is 23.8 Å². The first-order valence-corrected chi connectivity index (χ1v) is 7.00. The van der Waals surface area contributed by atoms with Crippen molar-refractivity contribution in [3.63, 3.8) is 0 Å². The summed E-state index contributed by atoms with van der Waals surface area (Å²) in [6.07, 6.45) is 2.06. The average Bonchev–Trinajstić information content (AvgIpc) is 2.85. The van der Waals surface area contributed by atoms with Crippen LogP contribution in [0.15, 0.2) is 18.2 Å². The molecular formula is C14H18O3S. The van der Waals surface area contributed by atoms with E-state index in [0.717, 1.165) is 18.6 Å². The molecule has 0 radical (unpaired) electrons. The third-order valence-corrected chi connectivity index (χ3v) is 4.86. The summed E-state index contributed by atoms with van der Waals surface area (Å²) in [5.74, 6) is 2.51. The van der Waals surface area contributed by atoms with Crippen molar-refractivity contribution in [2.24, 2.45) is 0 Å². The van der Waals surface area contributed by atoms with E-state index < -0.39 is 0 Å². The summed E-state index contributed by atoms with van der Waals surface area (Å²) in [7, 11) is 3.17. The summed E-state index contributed by atoms with van der Waals surface area (Å²) >= 11 is 1.75. The molecule has 0 aliphatic carbocycles. The van der Waals surface area contributed by atoms with Crippen LogP contribution in [-0.2, 0) is 0 Å². The van der Waals surface area contributed by atoms with Gasteiger partial charge in [-0.05, 0) is 43.7 Å². The number of thioether (sulfide) groups is 1. The van der Waals surface area contributed by atoms with Gasteiger partial charge in [-0.3, -0.25) is 4.79 Å². The van der Waals surface area contributed by atoms with E-state index in [1.807, 2.05) is 13.0 Å². The van der Waals surface area contributed by atoms with Crippen LogP contribution in [0, 0.1) is 0 Å². The van der Waals surface area contributed by atoms with E-state index in [2.05, 4.69) is 0 Å². The third kappa shape index (κ3) is 2.34. The molecule has 1 aliphatic rings. The van der Waals surface area contributed by atoms with Crippen LogP contribution in [0.1, 0.15) is 30.1 Å². The number of ketones is 1. The van der Waals surface area contributed by atoms with Crippen LogP contribution in [0.25, 0.3) is 0 Å². The molecule has 0 spiro atoms. The number of benzene rings is 1. The fraction of sp³-hybridized carbons (Fsp3) is 0.500. The fourth-order valence-corrected chi connectivity index (χ4v) is 3.52. The Hall–Kier alpha value is -1.16. The molecule has 1 aromatic carbocycles. The van der Waals surface area contributed by atoms with Gasteiger partial charge in [0.2, 0.25) is 0 Å². The van der Waals surface area contributed by atoms with E-state index in [1.165, 1.54) is 0 Å². The number of Topliss-reactive ketones (excluding diaryl/α,β-unsaturated/α-hetero) is 1. The van der Waals surface area contributed by atoms with Gasteiger partial charge in [0.25, 0.3) is 0 Å². The maximum absolute atomic E-state index is 12.5. The molecule has 1 aliphatic heterocycles. The number of carbonyl (C=O) groups excluding carboxylic acids is 1. The summed E-state index contributed by atoms with van der Waals surface area (Å²) in [6.45, 7) is 2.03. The zero-order valence-corrected chi connectivity index (χ0v) is 11.8. The molecule has 1 aromatic rings. The Balaban J connectivity index is 2.31. The summed E-state index contributed by atoms with van der Waals surface area (Å²) < 4.78 is 10.1. The second kappa shape index (κ2) is 5.22. The first-order valence-electron chi connectivity index (χ1n) is 6.01. The Labute approximate surface area is 112 Å². The predicted molar refractivity (Wildman–Crippen MR) is 74.0 cm³/mol. The van der Waals surface area contributed by atoms with Crippen molar-refractivity contribution in [2.45, 2.75) is 24.5 Å². The molecule has 18 heavy (non-hydrogen) atoms. The van der Waals surface area contributed by atoms with Gasteiger partial charge in [0.1, 0.15) is 0 Å². The van der Waals surface area contributed by atoms with E-state index in [1.54, 1.807) is 38.1 Å². The number of ether oxygens (including phenoxy) is 2. The first kappa shape index (κ1) is 13.3. The van der Waals surface area contributed by atoms with Gasteiger partial charge in [0.15, 0.2) is 17.3 Å². The molecule has 1 fully saturated rings. The van der Waals surface area contributed by atoms with Gasteiger partial charge in [-0.25, -0.2) is 0 Å². The second-order valence-electron chi connectivity index (χ2n) is 4.58. The van der Waals surface area contributed by atoms with Crippen LogP contribution in [0.5, 0.6) is 11.5 Å². The van der Waals surface area contributed by atoms with E-state index in [4.69, 9.17) is 9.47 Å². The second-order valence-corrected chi connectivity index (χ2v) is 6.18. The molecular weight excluding hydrogens is 248 g/mol. The SMILES string of the molecule is COc1ccc(C(=O)C2(C)CCCS2)cc1OC. The van der Waals surface area contributed by atoms with Crippen LogP contribution in [0.3, 0.4) is 0 Å². The molecule has 98 valence electrons. The monoisotopic (exact) mass is 266 g/mol. The topological polar surface area (TPSA) is 35.5 Å². The first-order chi connectivity index (χ1) is 8.60. The number of carbonyl (C=O) groups is 1. The third-order valence-electron chi connectivity index (χ3n) is 3.34. The van der Waals surface area contributed by atoms with Gasteiger partial charge >= 0.3 is 0 Å². The van der Waals surface area contributed by atoms with Crippen molar-refractivity contribution < 1.29 is 14.3 Å². The van der Waals surface area contributed by atoms with Crippen molar-refractivity contribution >= 4 is 17.5 Å². The number of hydrogen-bond donors (Lipinski definition) is 0. The Morgan fingerprint density at radius 1 is 1.28 bits per heavy atom. The molecule has 1 atom stereocenters. The highest BCUT2D eigenvalue weighted by molar-refractivity contribution is 8.01. The Bertz CT molecular complexity index is 450. The largest absolute Gasteiger partial charge is 0.493 e. The van der Waals surface area contributed by atoms with E-state index >= 15 is 0 Å². The highest BCUT2D eigenvalue weighted by atomic mass is 32.2. The number of hydrogen-bond acceptors (Lipinski definition) is 4. The quantitative estimate of drug-likeness (QED) is 0.784. The minimum absolute atomic E-state index is 0.186. The van der Waals surface area contributed by atoms with Gasteiger partial charge in [0, 0.05) is 5.56 Å². The Morgan fingerprint density at radius 2 is 2.00 bits per heavy atom. The maximum atomic E-state index is 12.5. The lowest BCUT2D eigenvalue weighted by Crippen LogP contribution is -2.28. The molecule has 0 saturated carbocycles. The molecule has 0 amide bonds. The smallest absolute Gasteiger partial charge is 0.178 e. The lowest BCUT2D eigenvalue weighted by Gasteiger charge is -2.21. The van der Waals surface area contributed by atoms with Crippen LogP contribution in [-0.4, -0.2) is 30.5 Å². The van der Waals surface area contributed by atoms with Crippen molar-refractivity contribution in [1.29, 1.82) is 0 Å². The van der Waals surface area contributed by atoms with Crippen LogP contribution < -0.4 is 9.47 Å². The molecule has 1 saturated heterocycles. The predicted octanol–water partition coefficient (Wildman–Crippen LogP) is 3.17. The van der Waals surface area contributed by atoms with Gasteiger partial charge in [-0.1, -0.05) is 0 Å². The average molecular weight is 266 g/mol. The van der Waals surface area contributed by atoms with Crippen LogP contribution >= 0.6 is 11.8 Å². The van der Waals surface area contributed by atoms with E-state index in [0.29, 0.717) is 17.1 Å². The lowest BCUT2D eigenvalue weighted by atomic mass is 9.94. The molecule has 4 heteroatoms. The summed E-state index contributed by atoms with van der Waals surface area (Å²) in [4.78, 5) is 12.5. The van der Waals surface area contributed by atoms with Gasteiger partial charge in [-0.15, -0.1) is 11.8 Å². The van der Waals surface area contributed by atoms with Gasteiger partial charge in [-0.2, -0.15) is 0 Å². The van der Waals surface area contributed by atoms with Gasteiger partial charge < -0.3 is 9.47 Å². The highest BCUT2D eigenvalue weighted by Crippen LogP contribution is 2.41. The molecule has 0 aromatic heterocycles. The summed E-state index contributed by atoms with van der Waals surface area (Å²) in [5.41, 5.74) is 0.699. The minimum Gasteiger partial charge on any atom is -0.493 e. The standard InChI is InChI=1S/C14H18O3S/c1-14(7-4-8-18-14)13(15)10-5-6-11(16-2)12(9-10)17-3/h5-6,9H,4,7-8H2,1-3H3.